The van der Waals surface area contributed by atoms with Crippen LogP contribution >= 0.6 is 0 Å². The highest BCUT2D eigenvalue weighted by Crippen LogP contribution is 2.31. The van der Waals surface area contributed by atoms with Gasteiger partial charge in [-0.15, -0.1) is 0 Å². The third-order valence-corrected chi connectivity index (χ3v) is 1.93. The molecule has 1 N–H and O–H groups in total. The van der Waals surface area contributed by atoms with Gasteiger partial charge >= 0.3 is 17.5 Å². The van der Waals surface area contributed by atoms with E-state index >= 15 is 0 Å². The van der Waals surface area contributed by atoms with Crippen molar-refractivity contribution in [1.29, 1.82) is 0 Å². The number of rotatable bonds is 1. The van der Waals surface area contributed by atoms with Gasteiger partial charge in [0.25, 0.3) is 0 Å². The minimum atomic E-state index is -1.10. The first-order valence-electron chi connectivity index (χ1n) is 4.04. The summed E-state index contributed by atoms with van der Waals surface area (Å²) < 4.78 is 13.1. The van der Waals surface area contributed by atoms with Gasteiger partial charge in [0.15, 0.2) is 0 Å². The zero-order valence-electron chi connectivity index (χ0n) is 7.56. The minimum absolute atomic E-state index is 0.0623. The molecule has 0 spiro atoms. The molecular formula is C8H3FN3O4. The largest absolute Gasteiger partial charge is 0.335 e. The summed E-state index contributed by atoms with van der Waals surface area (Å²) in [6, 6.07) is 1.54. The molecule has 0 fully saturated rings. The van der Waals surface area contributed by atoms with Crippen LogP contribution in [0.2, 0.25) is 0 Å². The number of nitro benzene ring substituents is 1. The van der Waals surface area contributed by atoms with Crippen molar-refractivity contribution in [2.45, 2.75) is 0 Å². The summed E-state index contributed by atoms with van der Waals surface area (Å²) >= 11 is 0. The molecule has 1 radical (unpaired) electrons. The normalized spacial score (nSPS) is 13.8. The second-order valence-electron chi connectivity index (χ2n) is 2.95. The van der Waals surface area contributed by atoms with E-state index < -0.39 is 28.2 Å². The smallest absolute Gasteiger partial charge is 0.316 e. The Bertz CT molecular complexity index is 528. The number of carbonyl (C=O) groups excluding carboxylic acids is 2. The second kappa shape index (κ2) is 3.26. The number of nitrogens with zero attached hydrogens (tertiary/aromatic N) is 2. The van der Waals surface area contributed by atoms with Crippen molar-refractivity contribution >= 4 is 28.9 Å². The summed E-state index contributed by atoms with van der Waals surface area (Å²) in [5.74, 6) is -3.18. The van der Waals surface area contributed by atoms with Gasteiger partial charge in [-0.05, 0) is 0 Å². The molecule has 0 aliphatic carbocycles. The highest BCUT2D eigenvalue weighted by atomic mass is 19.1. The van der Waals surface area contributed by atoms with Crippen LogP contribution in [-0.4, -0.2) is 16.7 Å². The number of anilines is 1. The number of halogens is 1. The topological polar surface area (TPSA) is 103 Å². The number of hydrogen-bond donors (Lipinski definition) is 1. The molecular weight excluding hydrogens is 221 g/mol. The van der Waals surface area contributed by atoms with Crippen LogP contribution < -0.4 is 10.6 Å². The van der Waals surface area contributed by atoms with Crippen molar-refractivity contribution in [3.05, 3.63) is 28.1 Å². The maximum atomic E-state index is 13.1. The van der Waals surface area contributed by atoms with Gasteiger partial charge in [-0.1, -0.05) is 0 Å². The third-order valence-electron chi connectivity index (χ3n) is 1.93. The van der Waals surface area contributed by atoms with Crippen molar-refractivity contribution < 1.29 is 18.9 Å². The van der Waals surface area contributed by atoms with E-state index in [0.29, 0.717) is 0 Å². The zero-order chi connectivity index (χ0) is 11.9. The molecule has 0 saturated heterocycles. The lowest BCUT2D eigenvalue weighted by Gasteiger charge is -2.14. The molecule has 1 heterocycles. The van der Waals surface area contributed by atoms with Crippen molar-refractivity contribution in [2.24, 2.45) is 0 Å². The lowest BCUT2D eigenvalue weighted by Crippen LogP contribution is -2.33. The Morgan fingerprint density at radius 1 is 1.38 bits per heavy atom. The molecule has 0 unspecified atom stereocenters. The molecule has 1 aliphatic rings. The number of carbonyl (C=O) groups is 2. The summed E-state index contributed by atoms with van der Waals surface area (Å²) in [6.07, 6.45) is 0. The van der Waals surface area contributed by atoms with Crippen molar-refractivity contribution in [2.75, 3.05) is 5.32 Å². The van der Waals surface area contributed by atoms with Crippen molar-refractivity contribution in [1.82, 2.24) is 5.32 Å². The van der Waals surface area contributed by atoms with E-state index in [1.165, 1.54) is 0 Å². The number of benzene rings is 1. The molecule has 1 aromatic carbocycles. The fraction of sp³-hybridized carbons (Fsp3) is 0. The quantitative estimate of drug-likeness (QED) is 0.424. The van der Waals surface area contributed by atoms with Gasteiger partial charge in [0, 0.05) is 12.1 Å². The molecule has 0 aromatic heterocycles. The van der Waals surface area contributed by atoms with Gasteiger partial charge in [0.05, 0.1) is 16.3 Å². The van der Waals surface area contributed by atoms with Crippen molar-refractivity contribution in [3.63, 3.8) is 0 Å². The SMILES string of the molecule is O=C1[N]c2cc([N+](=O)[O-])c(F)cc2NC1=O. The maximum absolute atomic E-state index is 13.1. The molecule has 0 saturated carbocycles. The first kappa shape index (κ1) is 10.0. The Morgan fingerprint density at radius 3 is 2.69 bits per heavy atom. The number of nitro groups is 1. The summed E-state index contributed by atoms with van der Waals surface area (Å²) in [6.45, 7) is 0. The average Bonchev–Trinajstić information content (AvgIpc) is 2.19. The number of fused-ring (bicyclic) bond motifs is 1. The van der Waals surface area contributed by atoms with Crippen LogP contribution in [0.3, 0.4) is 0 Å². The fourth-order valence-corrected chi connectivity index (χ4v) is 1.22. The average molecular weight is 224 g/mol. The van der Waals surface area contributed by atoms with E-state index in [1.54, 1.807) is 0 Å². The standard InChI is InChI=1S/C8H3FN3O4/c9-3-1-4-5(2-6(3)12(15)16)11-8(14)7(13)10-4/h1-2H,(H,10,13). The van der Waals surface area contributed by atoms with Crippen LogP contribution in [0.4, 0.5) is 21.5 Å². The molecule has 7 nitrogen and oxygen atoms in total. The van der Waals surface area contributed by atoms with E-state index in [1.807, 2.05) is 0 Å². The monoisotopic (exact) mass is 224 g/mol. The van der Waals surface area contributed by atoms with E-state index in [-0.39, 0.29) is 11.4 Å². The second-order valence-corrected chi connectivity index (χ2v) is 2.95. The van der Waals surface area contributed by atoms with Gasteiger partial charge in [-0.2, -0.15) is 4.39 Å². The van der Waals surface area contributed by atoms with Gasteiger partial charge in [-0.25, -0.2) is 5.32 Å². The maximum Gasteiger partial charge on any atom is 0.335 e. The van der Waals surface area contributed by atoms with Gasteiger partial charge in [-0.3, -0.25) is 19.7 Å². The molecule has 1 aromatic rings. The Labute approximate surface area is 87.4 Å². The lowest BCUT2D eigenvalue weighted by molar-refractivity contribution is -0.387. The third kappa shape index (κ3) is 1.45. The summed E-state index contributed by atoms with van der Waals surface area (Å²) in [5.41, 5.74) is -0.989. The molecule has 2 rings (SSSR count). The molecule has 81 valence electrons. The van der Waals surface area contributed by atoms with Crippen molar-refractivity contribution in [3.8, 4) is 0 Å². The first-order valence-corrected chi connectivity index (χ1v) is 4.04. The number of amides is 2. The first-order chi connectivity index (χ1) is 7.49. The van der Waals surface area contributed by atoms with E-state index in [0.717, 1.165) is 12.1 Å². The Hall–Kier alpha value is -2.51. The van der Waals surface area contributed by atoms with E-state index in [2.05, 4.69) is 10.6 Å². The van der Waals surface area contributed by atoms with Crippen LogP contribution in [0.5, 0.6) is 0 Å². The van der Waals surface area contributed by atoms with Gasteiger partial charge < -0.3 is 5.32 Å². The summed E-state index contributed by atoms with van der Waals surface area (Å²) in [5, 5.41) is 15.8. The van der Waals surface area contributed by atoms with Gasteiger partial charge in [0.2, 0.25) is 5.82 Å². The predicted octanol–water partition coefficient (Wildman–Crippen LogP) is 0.448. The molecule has 0 atom stereocenters. The van der Waals surface area contributed by atoms with E-state index in [4.69, 9.17) is 0 Å². The Morgan fingerprint density at radius 2 is 2.06 bits per heavy atom. The minimum Gasteiger partial charge on any atom is -0.316 e. The zero-order valence-corrected chi connectivity index (χ0v) is 7.56. The van der Waals surface area contributed by atoms with Gasteiger partial charge in [0.1, 0.15) is 0 Å². The number of nitrogens with one attached hydrogen (secondary N) is 1. The molecule has 1 aliphatic heterocycles. The molecule has 2 amide bonds. The Balaban J connectivity index is 2.55. The van der Waals surface area contributed by atoms with Crippen LogP contribution in [0, 0.1) is 15.9 Å². The van der Waals surface area contributed by atoms with Crippen LogP contribution in [0.15, 0.2) is 12.1 Å². The lowest BCUT2D eigenvalue weighted by atomic mass is 10.2. The highest BCUT2D eigenvalue weighted by molar-refractivity contribution is 6.42. The van der Waals surface area contributed by atoms with Crippen LogP contribution in [0.25, 0.3) is 0 Å². The van der Waals surface area contributed by atoms with Crippen LogP contribution in [-0.2, 0) is 9.59 Å². The van der Waals surface area contributed by atoms with Crippen LogP contribution in [0.1, 0.15) is 0 Å². The summed E-state index contributed by atoms with van der Waals surface area (Å²) in [4.78, 5) is 31.2. The molecule has 16 heavy (non-hydrogen) atoms. The molecule has 0 bridgehead atoms. The Kier molecular flexibility index (Phi) is 2.04. The van der Waals surface area contributed by atoms with E-state index in [9.17, 15) is 24.1 Å². The fourth-order valence-electron chi connectivity index (χ4n) is 1.22. The number of hydrogen-bond acceptors (Lipinski definition) is 4. The highest BCUT2D eigenvalue weighted by Gasteiger charge is 2.28. The molecule has 8 heteroatoms. The summed E-state index contributed by atoms with van der Waals surface area (Å²) in [7, 11) is 0. The predicted molar refractivity (Wildman–Crippen MR) is 48.5 cm³/mol.